The van der Waals surface area contributed by atoms with Gasteiger partial charge in [0, 0.05) is 6.54 Å². The molecule has 4 N–H and O–H groups in total. The van der Waals surface area contributed by atoms with E-state index in [1.165, 1.54) is 0 Å². The zero-order chi connectivity index (χ0) is 8.24. The van der Waals surface area contributed by atoms with Gasteiger partial charge in [-0.3, -0.25) is 0 Å². The Hall–Kier alpha value is -0.600. The summed E-state index contributed by atoms with van der Waals surface area (Å²) in [5.41, 5.74) is 10.1. The second-order valence-electron chi connectivity index (χ2n) is 1.74. The van der Waals surface area contributed by atoms with Crippen molar-refractivity contribution in [1.29, 1.82) is 0 Å². The fourth-order valence-corrected chi connectivity index (χ4v) is 0.262. The first-order valence-corrected chi connectivity index (χ1v) is 3.45. The van der Waals surface area contributed by atoms with E-state index in [2.05, 4.69) is 13.2 Å². The zero-order valence-corrected chi connectivity index (χ0v) is 6.55. The van der Waals surface area contributed by atoms with Crippen LogP contribution in [-0.4, -0.2) is 13.1 Å². The Morgan fingerprint density at radius 1 is 1.10 bits per heavy atom. The van der Waals surface area contributed by atoms with E-state index in [1.54, 1.807) is 6.08 Å². The summed E-state index contributed by atoms with van der Waals surface area (Å²) in [7, 11) is 0. The van der Waals surface area contributed by atoms with Crippen molar-refractivity contribution in [3.63, 3.8) is 0 Å². The van der Waals surface area contributed by atoms with Gasteiger partial charge in [0.05, 0.1) is 0 Å². The maximum absolute atomic E-state index is 5.17. The second-order valence-corrected chi connectivity index (χ2v) is 1.74. The molecular weight excluding hydrogens is 124 g/mol. The van der Waals surface area contributed by atoms with Crippen molar-refractivity contribution in [2.45, 2.75) is 12.8 Å². The third-order valence-electron chi connectivity index (χ3n) is 0.779. The van der Waals surface area contributed by atoms with Crippen molar-refractivity contribution in [3.05, 3.63) is 25.3 Å². The fraction of sp³-hybridized carbons (Fsp3) is 0.500. The highest BCUT2D eigenvalue weighted by Gasteiger charge is 1.71. The molecule has 2 heteroatoms. The van der Waals surface area contributed by atoms with E-state index in [1.807, 2.05) is 6.08 Å². The van der Waals surface area contributed by atoms with Crippen LogP contribution in [0.25, 0.3) is 0 Å². The molecule has 0 heterocycles. The standard InChI is InChI=1S/C5H11N.C3H7N/c1-2-3-4-5-6;1-2-3-4/h2H,1,3-6H2;2H,1,3-4H2. The van der Waals surface area contributed by atoms with Crippen LogP contribution in [0.3, 0.4) is 0 Å². The molecule has 0 aliphatic rings. The molecular formula is C8H18N2. The van der Waals surface area contributed by atoms with E-state index < -0.39 is 0 Å². The molecule has 0 bridgehead atoms. The topological polar surface area (TPSA) is 52.0 Å². The Kier molecular flexibility index (Phi) is 19.1. The predicted molar refractivity (Wildman–Crippen MR) is 47.7 cm³/mol. The first-order chi connectivity index (χ1) is 4.83. The Bertz CT molecular complexity index is 69.7. The molecule has 0 aromatic rings. The van der Waals surface area contributed by atoms with Crippen molar-refractivity contribution in [1.82, 2.24) is 0 Å². The summed E-state index contributed by atoms with van der Waals surface area (Å²) in [6.45, 7) is 8.26. The summed E-state index contributed by atoms with van der Waals surface area (Å²) in [6, 6.07) is 0. The van der Waals surface area contributed by atoms with Crippen LogP contribution in [0.4, 0.5) is 0 Å². The van der Waals surface area contributed by atoms with Crippen LogP contribution in [0.15, 0.2) is 25.3 Å². The smallest absolute Gasteiger partial charge is 0.0104 e. The van der Waals surface area contributed by atoms with Crippen LogP contribution in [0.5, 0.6) is 0 Å². The molecule has 0 atom stereocenters. The van der Waals surface area contributed by atoms with Gasteiger partial charge < -0.3 is 11.5 Å². The zero-order valence-electron chi connectivity index (χ0n) is 6.55. The maximum Gasteiger partial charge on any atom is 0.0104 e. The van der Waals surface area contributed by atoms with Crippen LogP contribution in [0, 0.1) is 0 Å². The molecule has 0 radical (unpaired) electrons. The lowest BCUT2D eigenvalue weighted by atomic mass is 10.3. The molecule has 10 heavy (non-hydrogen) atoms. The Labute approximate surface area is 63.6 Å². The van der Waals surface area contributed by atoms with Gasteiger partial charge >= 0.3 is 0 Å². The van der Waals surface area contributed by atoms with Crippen molar-refractivity contribution < 1.29 is 0 Å². The lowest BCUT2D eigenvalue weighted by molar-refractivity contribution is 0.856. The van der Waals surface area contributed by atoms with E-state index in [4.69, 9.17) is 11.5 Å². The number of rotatable bonds is 4. The lowest BCUT2D eigenvalue weighted by Gasteiger charge is -1.82. The van der Waals surface area contributed by atoms with E-state index in [0.29, 0.717) is 6.54 Å². The molecule has 0 aromatic carbocycles. The van der Waals surface area contributed by atoms with Gasteiger partial charge in [-0.25, -0.2) is 0 Å². The summed E-state index contributed by atoms with van der Waals surface area (Å²) in [5, 5.41) is 0. The van der Waals surface area contributed by atoms with Gasteiger partial charge in [-0.15, -0.1) is 13.2 Å². The summed E-state index contributed by atoms with van der Waals surface area (Å²) in [5.74, 6) is 0. The maximum atomic E-state index is 5.17. The normalized spacial score (nSPS) is 7.40. The average Bonchev–Trinajstić information content (AvgIpc) is 2.01. The Morgan fingerprint density at radius 2 is 1.60 bits per heavy atom. The molecule has 0 fully saturated rings. The molecule has 0 aliphatic heterocycles. The first-order valence-electron chi connectivity index (χ1n) is 3.45. The highest BCUT2D eigenvalue weighted by molar-refractivity contribution is 4.65. The minimum Gasteiger partial charge on any atom is -0.330 e. The van der Waals surface area contributed by atoms with Crippen LogP contribution >= 0.6 is 0 Å². The number of unbranched alkanes of at least 4 members (excludes halogenated alkanes) is 1. The SMILES string of the molecule is C=CCCCN.C=CCN. The minimum absolute atomic E-state index is 0.583. The molecule has 0 unspecified atom stereocenters. The van der Waals surface area contributed by atoms with E-state index in [-0.39, 0.29) is 0 Å². The van der Waals surface area contributed by atoms with Crippen LogP contribution < -0.4 is 11.5 Å². The number of nitrogens with two attached hydrogens (primary N) is 2. The van der Waals surface area contributed by atoms with Crippen molar-refractivity contribution >= 4 is 0 Å². The van der Waals surface area contributed by atoms with Crippen LogP contribution in [-0.2, 0) is 0 Å². The molecule has 0 spiro atoms. The predicted octanol–water partition coefficient (Wildman–Crippen LogP) is 1.04. The average molecular weight is 142 g/mol. The summed E-state index contributed by atoms with van der Waals surface area (Å²) in [6.07, 6.45) is 5.66. The van der Waals surface area contributed by atoms with E-state index in [0.717, 1.165) is 19.4 Å². The third kappa shape index (κ3) is 26.2. The quantitative estimate of drug-likeness (QED) is 0.455. The third-order valence-corrected chi connectivity index (χ3v) is 0.779. The van der Waals surface area contributed by atoms with Crippen molar-refractivity contribution in [2.75, 3.05) is 13.1 Å². The van der Waals surface area contributed by atoms with Gasteiger partial charge in [-0.1, -0.05) is 12.2 Å². The Balaban J connectivity index is 0. The van der Waals surface area contributed by atoms with Gasteiger partial charge in [0.25, 0.3) is 0 Å². The highest BCUT2D eigenvalue weighted by Crippen LogP contribution is 1.82. The van der Waals surface area contributed by atoms with E-state index >= 15 is 0 Å². The molecule has 0 rings (SSSR count). The number of hydrogen-bond donors (Lipinski definition) is 2. The fourth-order valence-electron chi connectivity index (χ4n) is 0.262. The number of allylic oxidation sites excluding steroid dienone is 1. The largest absolute Gasteiger partial charge is 0.330 e. The first kappa shape index (κ1) is 12.1. The van der Waals surface area contributed by atoms with Crippen LogP contribution in [0.1, 0.15) is 12.8 Å². The lowest BCUT2D eigenvalue weighted by Crippen LogP contribution is -1.96. The summed E-state index contributed by atoms with van der Waals surface area (Å²) >= 11 is 0. The molecule has 0 saturated heterocycles. The second kappa shape index (κ2) is 15.8. The molecule has 0 amide bonds. The van der Waals surface area contributed by atoms with Crippen molar-refractivity contribution in [2.24, 2.45) is 11.5 Å². The number of hydrogen-bond acceptors (Lipinski definition) is 2. The summed E-state index contributed by atoms with van der Waals surface area (Å²) < 4.78 is 0. The van der Waals surface area contributed by atoms with Gasteiger partial charge in [0.2, 0.25) is 0 Å². The highest BCUT2D eigenvalue weighted by atomic mass is 14.5. The minimum atomic E-state index is 0.583. The van der Waals surface area contributed by atoms with Gasteiger partial charge in [0.1, 0.15) is 0 Å². The van der Waals surface area contributed by atoms with Gasteiger partial charge in [-0.2, -0.15) is 0 Å². The van der Waals surface area contributed by atoms with Gasteiger partial charge in [0.15, 0.2) is 0 Å². The molecule has 0 aromatic heterocycles. The molecule has 0 saturated carbocycles. The molecule has 0 aliphatic carbocycles. The van der Waals surface area contributed by atoms with Crippen LogP contribution in [0.2, 0.25) is 0 Å². The molecule has 2 nitrogen and oxygen atoms in total. The monoisotopic (exact) mass is 142 g/mol. The molecule has 60 valence electrons. The van der Waals surface area contributed by atoms with Crippen molar-refractivity contribution in [3.8, 4) is 0 Å². The van der Waals surface area contributed by atoms with E-state index in [9.17, 15) is 0 Å². The summed E-state index contributed by atoms with van der Waals surface area (Å²) in [4.78, 5) is 0. The van der Waals surface area contributed by atoms with Gasteiger partial charge in [-0.05, 0) is 19.4 Å². The Morgan fingerprint density at radius 3 is 1.70 bits per heavy atom.